The Morgan fingerprint density at radius 3 is 2.96 bits per heavy atom. The largest absolute Gasteiger partial charge is 0.319 e. The maximum absolute atomic E-state index is 12.1. The van der Waals surface area contributed by atoms with E-state index in [0.29, 0.717) is 5.02 Å². The molecule has 0 radical (unpaired) electrons. The van der Waals surface area contributed by atoms with Crippen molar-refractivity contribution in [1.29, 1.82) is 0 Å². The number of carbonyl (C=O) groups excluding carboxylic acids is 1. The van der Waals surface area contributed by atoms with Crippen molar-refractivity contribution in [3.05, 3.63) is 64.9 Å². The molecule has 2 aromatic carbocycles. The van der Waals surface area contributed by atoms with E-state index in [0.717, 1.165) is 22.4 Å². The highest BCUT2D eigenvalue weighted by molar-refractivity contribution is 6.30. The molecule has 0 aliphatic carbocycles. The van der Waals surface area contributed by atoms with Gasteiger partial charge in [0.2, 0.25) is 0 Å². The Morgan fingerprint density at radius 1 is 1.30 bits per heavy atom. The molecule has 0 bridgehead atoms. The zero-order valence-corrected chi connectivity index (χ0v) is 13.3. The van der Waals surface area contributed by atoms with Crippen molar-refractivity contribution in [2.24, 2.45) is 5.10 Å². The second-order valence-corrected chi connectivity index (χ2v) is 5.52. The van der Waals surface area contributed by atoms with Crippen LogP contribution in [-0.4, -0.2) is 21.7 Å². The fourth-order valence-electron chi connectivity index (χ4n) is 2.34. The molecule has 0 atom stereocenters. The zero-order chi connectivity index (χ0) is 16.2. The summed E-state index contributed by atoms with van der Waals surface area (Å²) in [6, 6.07) is 15.0. The molecule has 6 heteroatoms. The van der Waals surface area contributed by atoms with Crippen LogP contribution in [0.25, 0.3) is 11.0 Å². The molecule has 0 unspecified atom stereocenters. The quantitative estimate of drug-likeness (QED) is 0.591. The number of carbonyl (C=O) groups is 1. The molecule has 0 aliphatic rings. The highest BCUT2D eigenvalue weighted by atomic mass is 35.5. The number of hydrazone groups is 1. The molecule has 3 rings (SSSR count). The number of halogens is 1. The number of fused-ring (bicyclic) bond motifs is 1. The normalized spacial score (nSPS) is 11.2. The highest BCUT2D eigenvalue weighted by Gasteiger charge is 2.09. The SMILES string of the molecule is Cc1nc2ccccc2n1CC(=O)N/N=C/c1cccc(Cl)c1. The van der Waals surface area contributed by atoms with Gasteiger partial charge >= 0.3 is 0 Å². The highest BCUT2D eigenvalue weighted by Crippen LogP contribution is 2.15. The average molecular weight is 327 g/mol. The van der Waals surface area contributed by atoms with E-state index in [1.54, 1.807) is 18.3 Å². The van der Waals surface area contributed by atoms with Crippen LogP contribution in [0.5, 0.6) is 0 Å². The van der Waals surface area contributed by atoms with E-state index in [9.17, 15) is 4.79 Å². The van der Waals surface area contributed by atoms with Crippen LogP contribution in [0.4, 0.5) is 0 Å². The van der Waals surface area contributed by atoms with E-state index >= 15 is 0 Å². The van der Waals surface area contributed by atoms with Crippen molar-refractivity contribution in [2.75, 3.05) is 0 Å². The number of nitrogens with one attached hydrogen (secondary N) is 1. The first-order valence-corrected chi connectivity index (χ1v) is 7.50. The van der Waals surface area contributed by atoms with Gasteiger partial charge in [0, 0.05) is 5.02 Å². The van der Waals surface area contributed by atoms with Crippen LogP contribution >= 0.6 is 11.6 Å². The summed E-state index contributed by atoms with van der Waals surface area (Å²) in [4.78, 5) is 16.5. The summed E-state index contributed by atoms with van der Waals surface area (Å²) in [7, 11) is 0. The van der Waals surface area contributed by atoms with Crippen LogP contribution in [-0.2, 0) is 11.3 Å². The first-order chi connectivity index (χ1) is 11.1. The summed E-state index contributed by atoms with van der Waals surface area (Å²) in [6.45, 7) is 2.04. The topological polar surface area (TPSA) is 59.3 Å². The minimum Gasteiger partial charge on any atom is -0.319 e. The third-order valence-electron chi connectivity index (χ3n) is 3.40. The molecular formula is C17H15ClN4O. The van der Waals surface area contributed by atoms with Crippen molar-refractivity contribution in [3.8, 4) is 0 Å². The molecule has 0 saturated carbocycles. The minimum atomic E-state index is -0.213. The Hall–Kier alpha value is -2.66. The molecule has 0 saturated heterocycles. The van der Waals surface area contributed by atoms with Crippen molar-refractivity contribution in [1.82, 2.24) is 15.0 Å². The number of hydrogen-bond donors (Lipinski definition) is 1. The standard InChI is InChI=1S/C17H15ClN4O/c1-12-20-15-7-2-3-8-16(15)22(12)11-17(23)21-19-10-13-5-4-6-14(18)9-13/h2-10H,11H2,1H3,(H,21,23)/b19-10+. The van der Waals surface area contributed by atoms with Crippen molar-refractivity contribution in [3.63, 3.8) is 0 Å². The van der Waals surface area contributed by atoms with Gasteiger partial charge in [-0.15, -0.1) is 0 Å². The molecule has 1 N–H and O–H groups in total. The third-order valence-corrected chi connectivity index (χ3v) is 3.63. The predicted molar refractivity (Wildman–Crippen MR) is 91.7 cm³/mol. The summed E-state index contributed by atoms with van der Waals surface area (Å²) in [5, 5.41) is 4.58. The molecular weight excluding hydrogens is 312 g/mol. The maximum atomic E-state index is 12.1. The van der Waals surface area contributed by atoms with E-state index in [-0.39, 0.29) is 12.5 Å². The Kier molecular flexibility index (Phi) is 4.39. The lowest BCUT2D eigenvalue weighted by molar-refractivity contribution is -0.121. The van der Waals surface area contributed by atoms with Gasteiger partial charge in [-0.2, -0.15) is 5.10 Å². The Bertz CT molecular complexity index is 885. The van der Waals surface area contributed by atoms with Gasteiger partial charge in [-0.25, -0.2) is 10.4 Å². The van der Waals surface area contributed by atoms with Gasteiger partial charge in [0.15, 0.2) is 0 Å². The average Bonchev–Trinajstić information content (AvgIpc) is 2.83. The molecule has 1 heterocycles. The number of hydrogen-bond acceptors (Lipinski definition) is 3. The van der Waals surface area contributed by atoms with Crippen molar-refractivity contribution >= 4 is 34.8 Å². The van der Waals surface area contributed by atoms with Gasteiger partial charge in [-0.05, 0) is 36.8 Å². The fraction of sp³-hybridized carbons (Fsp3) is 0.118. The van der Waals surface area contributed by atoms with Gasteiger partial charge in [0.05, 0.1) is 17.2 Å². The van der Waals surface area contributed by atoms with Crippen molar-refractivity contribution < 1.29 is 4.79 Å². The molecule has 116 valence electrons. The monoisotopic (exact) mass is 326 g/mol. The zero-order valence-electron chi connectivity index (χ0n) is 12.5. The summed E-state index contributed by atoms with van der Waals surface area (Å²) in [5.41, 5.74) is 5.15. The van der Waals surface area contributed by atoms with Gasteiger partial charge in [0.25, 0.3) is 5.91 Å². The Balaban J connectivity index is 1.68. The molecule has 1 aromatic heterocycles. The van der Waals surface area contributed by atoms with Crippen LogP contribution in [0, 0.1) is 6.92 Å². The molecule has 3 aromatic rings. The Morgan fingerprint density at radius 2 is 2.13 bits per heavy atom. The van der Waals surface area contributed by atoms with Gasteiger partial charge in [-0.1, -0.05) is 35.9 Å². The molecule has 5 nitrogen and oxygen atoms in total. The lowest BCUT2D eigenvalue weighted by Gasteiger charge is -2.05. The third kappa shape index (κ3) is 3.57. The number of nitrogens with zero attached hydrogens (tertiary/aromatic N) is 3. The summed E-state index contributed by atoms with van der Waals surface area (Å²) < 4.78 is 1.86. The van der Waals surface area contributed by atoms with E-state index < -0.39 is 0 Å². The van der Waals surface area contributed by atoms with Crippen LogP contribution < -0.4 is 5.43 Å². The minimum absolute atomic E-state index is 0.166. The van der Waals surface area contributed by atoms with Gasteiger partial charge in [-0.3, -0.25) is 4.79 Å². The van der Waals surface area contributed by atoms with Crippen molar-refractivity contribution in [2.45, 2.75) is 13.5 Å². The van der Waals surface area contributed by atoms with Crippen LogP contribution in [0.1, 0.15) is 11.4 Å². The predicted octanol–water partition coefficient (Wildman–Crippen LogP) is 3.15. The number of benzene rings is 2. The number of aryl methyl sites for hydroxylation is 1. The summed E-state index contributed by atoms with van der Waals surface area (Å²) in [5.74, 6) is 0.578. The fourth-order valence-corrected chi connectivity index (χ4v) is 2.54. The second-order valence-electron chi connectivity index (χ2n) is 5.08. The van der Waals surface area contributed by atoms with Gasteiger partial charge in [0.1, 0.15) is 12.4 Å². The second kappa shape index (κ2) is 6.62. The van der Waals surface area contributed by atoms with E-state index in [4.69, 9.17) is 11.6 Å². The Labute approximate surface area is 138 Å². The first kappa shape index (κ1) is 15.2. The lowest BCUT2D eigenvalue weighted by Crippen LogP contribution is -2.23. The van der Waals surface area contributed by atoms with E-state index in [1.807, 2.05) is 47.9 Å². The summed E-state index contributed by atoms with van der Waals surface area (Å²) in [6.07, 6.45) is 1.56. The number of amides is 1. The van der Waals surface area contributed by atoms with Crippen LogP contribution in [0.2, 0.25) is 5.02 Å². The smallest absolute Gasteiger partial charge is 0.260 e. The number of aromatic nitrogens is 2. The number of para-hydroxylation sites is 2. The van der Waals surface area contributed by atoms with E-state index in [2.05, 4.69) is 15.5 Å². The molecule has 0 aliphatic heterocycles. The van der Waals surface area contributed by atoms with E-state index in [1.165, 1.54) is 0 Å². The van der Waals surface area contributed by atoms with Gasteiger partial charge < -0.3 is 4.57 Å². The number of imidazole rings is 1. The first-order valence-electron chi connectivity index (χ1n) is 7.13. The number of rotatable bonds is 4. The summed E-state index contributed by atoms with van der Waals surface area (Å²) >= 11 is 5.89. The maximum Gasteiger partial charge on any atom is 0.260 e. The lowest BCUT2D eigenvalue weighted by atomic mass is 10.2. The molecule has 1 amide bonds. The van der Waals surface area contributed by atoms with Crippen LogP contribution in [0.3, 0.4) is 0 Å². The molecule has 0 fully saturated rings. The van der Waals surface area contributed by atoms with Crippen LogP contribution in [0.15, 0.2) is 53.6 Å². The molecule has 23 heavy (non-hydrogen) atoms. The molecule has 0 spiro atoms.